The first kappa shape index (κ1) is 20.5. The van der Waals surface area contributed by atoms with Crippen molar-refractivity contribution in [2.75, 3.05) is 5.75 Å². The van der Waals surface area contributed by atoms with Crippen LogP contribution in [0.5, 0.6) is 0 Å². The van der Waals surface area contributed by atoms with Crippen LogP contribution in [-0.2, 0) is 4.79 Å². The molecule has 0 saturated heterocycles. The Morgan fingerprint density at radius 3 is 2.62 bits per heavy atom. The zero-order chi connectivity index (χ0) is 20.2. The molecule has 0 aliphatic heterocycles. The van der Waals surface area contributed by atoms with E-state index in [4.69, 9.17) is 4.98 Å². The standard InChI is InChI=1S/C23H31N3O2S/c1-16-9-5-7-13-19(16)24-21(27)15-29-23-25-20-14-8-6-12-18(20)22(28)26(23)17-10-3-2-4-11-17/h6,8,12,14,16-17,19H,2-5,7,9-11,13,15H2,1H3,(H,24,27)/t16-,19+/m0/s1. The Labute approximate surface area is 176 Å². The summed E-state index contributed by atoms with van der Waals surface area (Å²) in [6.07, 6.45) is 10.3. The Morgan fingerprint density at radius 2 is 1.83 bits per heavy atom. The van der Waals surface area contributed by atoms with Crippen molar-refractivity contribution in [1.82, 2.24) is 14.9 Å². The number of amides is 1. The number of carbonyl (C=O) groups is 1. The molecule has 2 aromatic rings. The number of fused-ring (bicyclic) bond motifs is 1. The monoisotopic (exact) mass is 413 g/mol. The van der Waals surface area contributed by atoms with Crippen molar-refractivity contribution in [2.24, 2.45) is 5.92 Å². The Kier molecular flexibility index (Phi) is 6.58. The fraction of sp³-hybridized carbons (Fsp3) is 0.609. The average Bonchev–Trinajstić information content (AvgIpc) is 2.75. The number of para-hydroxylation sites is 1. The lowest BCUT2D eigenvalue weighted by molar-refractivity contribution is -0.119. The molecule has 2 fully saturated rings. The Bertz CT molecular complexity index is 920. The number of nitrogens with one attached hydrogen (secondary N) is 1. The van der Waals surface area contributed by atoms with E-state index in [0.29, 0.717) is 27.7 Å². The first-order valence-electron chi connectivity index (χ1n) is 11.1. The third kappa shape index (κ3) is 4.68. The SMILES string of the molecule is C[C@H]1CCCC[C@H]1NC(=O)CSc1nc2ccccc2c(=O)n1C1CCCCC1. The maximum absolute atomic E-state index is 13.3. The molecule has 1 heterocycles. The van der Waals surface area contributed by atoms with Crippen molar-refractivity contribution in [3.63, 3.8) is 0 Å². The predicted octanol–water partition coefficient (Wildman–Crippen LogP) is 4.69. The van der Waals surface area contributed by atoms with Gasteiger partial charge in [-0.15, -0.1) is 0 Å². The highest BCUT2D eigenvalue weighted by Crippen LogP contribution is 2.31. The molecule has 1 aromatic heterocycles. The number of benzene rings is 1. The maximum Gasteiger partial charge on any atom is 0.262 e. The Balaban J connectivity index is 1.55. The van der Waals surface area contributed by atoms with Gasteiger partial charge in [-0.3, -0.25) is 14.2 Å². The molecule has 2 atom stereocenters. The molecule has 0 spiro atoms. The predicted molar refractivity (Wildman–Crippen MR) is 118 cm³/mol. The number of thioether (sulfide) groups is 1. The summed E-state index contributed by atoms with van der Waals surface area (Å²) in [4.78, 5) is 30.7. The van der Waals surface area contributed by atoms with Gasteiger partial charge in [0.2, 0.25) is 5.91 Å². The summed E-state index contributed by atoms with van der Waals surface area (Å²) in [7, 11) is 0. The van der Waals surface area contributed by atoms with Crippen LogP contribution in [0.2, 0.25) is 0 Å². The first-order chi connectivity index (χ1) is 14.1. The highest BCUT2D eigenvalue weighted by atomic mass is 32.2. The molecule has 1 N–H and O–H groups in total. The molecule has 0 bridgehead atoms. The smallest absolute Gasteiger partial charge is 0.262 e. The zero-order valence-electron chi connectivity index (χ0n) is 17.2. The summed E-state index contributed by atoms with van der Waals surface area (Å²) in [5, 5.41) is 4.57. The zero-order valence-corrected chi connectivity index (χ0v) is 18.0. The molecule has 6 heteroatoms. The second kappa shape index (κ2) is 9.33. The second-order valence-corrected chi connectivity index (χ2v) is 9.55. The second-order valence-electron chi connectivity index (χ2n) is 8.60. The Morgan fingerprint density at radius 1 is 1.10 bits per heavy atom. The van der Waals surface area contributed by atoms with Gasteiger partial charge in [-0.25, -0.2) is 4.98 Å². The number of rotatable bonds is 5. The summed E-state index contributed by atoms with van der Waals surface area (Å²) in [6.45, 7) is 2.23. The third-order valence-electron chi connectivity index (χ3n) is 6.51. The normalized spacial score (nSPS) is 23.2. The Hall–Kier alpha value is -1.82. The van der Waals surface area contributed by atoms with Crippen molar-refractivity contribution < 1.29 is 4.79 Å². The molecule has 2 aliphatic rings. The molecule has 5 nitrogen and oxygen atoms in total. The summed E-state index contributed by atoms with van der Waals surface area (Å²) in [6, 6.07) is 8.01. The molecule has 156 valence electrons. The summed E-state index contributed by atoms with van der Waals surface area (Å²) >= 11 is 1.41. The van der Waals surface area contributed by atoms with Gasteiger partial charge in [0.25, 0.3) is 5.56 Å². The summed E-state index contributed by atoms with van der Waals surface area (Å²) in [5.41, 5.74) is 0.750. The molecule has 29 heavy (non-hydrogen) atoms. The van der Waals surface area contributed by atoms with E-state index >= 15 is 0 Å². The third-order valence-corrected chi connectivity index (χ3v) is 7.46. The largest absolute Gasteiger partial charge is 0.352 e. The van der Waals surface area contributed by atoms with Crippen LogP contribution in [0, 0.1) is 5.92 Å². The van der Waals surface area contributed by atoms with E-state index in [1.165, 1.54) is 37.4 Å². The minimum atomic E-state index is 0.0336. The van der Waals surface area contributed by atoms with Crippen LogP contribution in [-0.4, -0.2) is 27.3 Å². The number of aromatic nitrogens is 2. The van der Waals surface area contributed by atoms with Crippen LogP contribution in [0.4, 0.5) is 0 Å². The highest BCUT2D eigenvalue weighted by Gasteiger charge is 2.25. The molecule has 2 aliphatic carbocycles. The number of hydrogen-bond acceptors (Lipinski definition) is 4. The molecule has 1 amide bonds. The van der Waals surface area contributed by atoms with Gasteiger partial charge >= 0.3 is 0 Å². The van der Waals surface area contributed by atoms with Gasteiger partial charge < -0.3 is 5.32 Å². The van der Waals surface area contributed by atoms with E-state index in [1.807, 2.05) is 28.8 Å². The highest BCUT2D eigenvalue weighted by molar-refractivity contribution is 7.99. The molecule has 0 unspecified atom stereocenters. The van der Waals surface area contributed by atoms with Crippen LogP contribution < -0.4 is 10.9 Å². The average molecular weight is 414 g/mol. The van der Waals surface area contributed by atoms with Crippen LogP contribution in [0.1, 0.15) is 70.8 Å². The molecule has 4 rings (SSSR count). The lowest BCUT2D eigenvalue weighted by Crippen LogP contribution is -2.42. The van der Waals surface area contributed by atoms with Crippen LogP contribution >= 0.6 is 11.8 Å². The summed E-state index contributed by atoms with van der Waals surface area (Å²) in [5.74, 6) is 0.893. The number of carbonyl (C=O) groups excluding carboxylic acids is 1. The van der Waals surface area contributed by atoms with E-state index < -0.39 is 0 Å². The van der Waals surface area contributed by atoms with E-state index in [-0.39, 0.29) is 23.6 Å². The van der Waals surface area contributed by atoms with Gasteiger partial charge in [0.15, 0.2) is 5.16 Å². The van der Waals surface area contributed by atoms with E-state index in [2.05, 4.69) is 12.2 Å². The van der Waals surface area contributed by atoms with Crippen molar-refractivity contribution in [3.05, 3.63) is 34.6 Å². The quantitative estimate of drug-likeness (QED) is 0.571. The molecule has 1 aromatic carbocycles. The topological polar surface area (TPSA) is 64.0 Å². The van der Waals surface area contributed by atoms with E-state index in [9.17, 15) is 9.59 Å². The minimum absolute atomic E-state index is 0.0336. The molecular weight excluding hydrogens is 382 g/mol. The van der Waals surface area contributed by atoms with Gasteiger partial charge in [0.05, 0.1) is 16.7 Å². The minimum Gasteiger partial charge on any atom is -0.352 e. The van der Waals surface area contributed by atoms with Crippen LogP contribution in [0.3, 0.4) is 0 Å². The van der Waals surface area contributed by atoms with Crippen molar-refractivity contribution in [1.29, 1.82) is 0 Å². The van der Waals surface area contributed by atoms with Crippen molar-refractivity contribution in [2.45, 2.75) is 82.0 Å². The van der Waals surface area contributed by atoms with Crippen molar-refractivity contribution >= 4 is 28.6 Å². The van der Waals surface area contributed by atoms with Gasteiger partial charge in [-0.2, -0.15) is 0 Å². The molecule has 2 saturated carbocycles. The van der Waals surface area contributed by atoms with Gasteiger partial charge in [0.1, 0.15) is 0 Å². The first-order valence-corrected chi connectivity index (χ1v) is 12.1. The maximum atomic E-state index is 13.3. The van der Waals surface area contributed by atoms with E-state index in [1.54, 1.807) is 0 Å². The fourth-order valence-electron chi connectivity index (χ4n) is 4.80. The molecule has 0 radical (unpaired) electrons. The molecular formula is C23H31N3O2S. The summed E-state index contributed by atoms with van der Waals surface area (Å²) < 4.78 is 1.88. The van der Waals surface area contributed by atoms with Gasteiger partial charge in [-0.05, 0) is 43.7 Å². The van der Waals surface area contributed by atoms with Crippen LogP contribution in [0.15, 0.2) is 34.2 Å². The fourth-order valence-corrected chi connectivity index (χ4v) is 5.68. The number of nitrogens with zero attached hydrogens (tertiary/aromatic N) is 2. The van der Waals surface area contributed by atoms with Gasteiger partial charge in [0, 0.05) is 12.1 Å². The van der Waals surface area contributed by atoms with Gasteiger partial charge in [-0.1, -0.05) is 62.9 Å². The van der Waals surface area contributed by atoms with Crippen molar-refractivity contribution in [3.8, 4) is 0 Å². The van der Waals surface area contributed by atoms with Crippen LogP contribution in [0.25, 0.3) is 10.9 Å². The lowest BCUT2D eigenvalue weighted by Gasteiger charge is -2.29. The van der Waals surface area contributed by atoms with E-state index in [0.717, 1.165) is 32.1 Å². The lowest BCUT2D eigenvalue weighted by atomic mass is 9.86. The number of hydrogen-bond donors (Lipinski definition) is 1.